The maximum absolute atomic E-state index is 11.1. The third-order valence-corrected chi connectivity index (χ3v) is 4.35. The predicted octanol–water partition coefficient (Wildman–Crippen LogP) is 6.46. The number of hydrogen-bond donors (Lipinski definition) is 2. The summed E-state index contributed by atoms with van der Waals surface area (Å²) in [7, 11) is 0. The van der Waals surface area contributed by atoms with Gasteiger partial charge in [-0.25, -0.2) is 0 Å². The van der Waals surface area contributed by atoms with Crippen LogP contribution >= 0.6 is 0 Å². The Morgan fingerprint density at radius 3 is 1.93 bits per heavy atom. The van der Waals surface area contributed by atoms with Gasteiger partial charge in [-0.1, -0.05) is 54.6 Å². The van der Waals surface area contributed by atoms with Crippen molar-refractivity contribution in [2.24, 2.45) is 0 Å². The molecule has 1 amide bonds. The highest BCUT2D eigenvalue weighted by Crippen LogP contribution is 2.18. The minimum atomic E-state index is -0.0543. The van der Waals surface area contributed by atoms with E-state index in [4.69, 9.17) is 0 Å². The fraction of sp³-hybridized carbons (Fsp3) is 0.240. The highest BCUT2D eigenvalue weighted by Gasteiger charge is 2.01. The molecule has 2 N–H and O–H groups in total. The van der Waals surface area contributed by atoms with Crippen molar-refractivity contribution in [3.63, 3.8) is 0 Å². The molecule has 0 saturated carbocycles. The Labute approximate surface area is 168 Å². The molecule has 0 fully saturated rings. The van der Waals surface area contributed by atoms with Crippen molar-refractivity contribution in [2.45, 2.75) is 40.0 Å². The normalized spacial score (nSPS) is 11.5. The second-order valence-electron chi connectivity index (χ2n) is 7.02. The minimum Gasteiger partial charge on any atom is -0.359 e. The van der Waals surface area contributed by atoms with Gasteiger partial charge in [0, 0.05) is 24.0 Å². The van der Waals surface area contributed by atoms with Crippen molar-refractivity contribution in [2.75, 3.05) is 10.6 Å². The molecule has 2 aromatic carbocycles. The van der Waals surface area contributed by atoms with E-state index in [9.17, 15) is 4.79 Å². The van der Waals surface area contributed by atoms with Gasteiger partial charge in [0.15, 0.2) is 0 Å². The Morgan fingerprint density at radius 1 is 0.893 bits per heavy atom. The molecule has 0 spiro atoms. The Bertz CT molecular complexity index is 843. The second-order valence-corrected chi connectivity index (χ2v) is 7.02. The monoisotopic (exact) mass is 374 g/mol. The van der Waals surface area contributed by atoms with Crippen molar-refractivity contribution in [3.05, 3.63) is 95.7 Å². The zero-order chi connectivity index (χ0) is 20.4. The van der Waals surface area contributed by atoms with Gasteiger partial charge in [0.1, 0.15) is 0 Å². The quantitative estimate of drug-likeness (QED) is 0.494. The molecular formula is C25H30N2O. The van der Waals surface area contributed by atoms with Crippen molar-refractivity contribution in [3.8, 4) is 0 Å². The number of amides is 1. The first-order valence-electron chi connectivity index (χ1n) is 9.65. The summed E-state index contributed by atoms with van der Waals surface area (Å²) < 4.78 is 0. The molecule has 0 bridgehead atoms. The highest BCUT2D eigenvalue weighted by molar-refractivity contribution is 5.88. The molecule has 2 aromatic rings. The number of carbonyl (C=O) groups excluding carboxylic acids is 1. The maximum atomic E-state index is 11.1. The first kappa shape index (κ1) is 21.2. The van der Waals surface area contributed by atoms with E-state index in [-0.39, 0.29) is 5.91 Å². The number of allylic oxidation sites excluding steroid dienone is 5. The Kier molecular flexibility index (Phi) is 8.29. The van der Waals surface area contributed by atoms with Crippen molar-refractivity contribution in [1.82, 2.24) is 0 Å². The van der Waals surface area contributed by atoms with Gasteiger partial charge in [0.05, 0.1) is 0 Å². The van der Waals surface area contributed by atoms with Crippen LogP contribution in [0.25, 0.3) is 0 Å². The van der Waals surface area contributed by atoms with E-state index in [0.717, 1.165) is 36.3 Å². The van der Waals surface area contributed by atoms with Crippen molar-refractivity contribution >= 4 is 17.3 Å². The standard InChI is InChI=1S/C25H30N2O/c1-5-6-7-19(2)8-9-20(3)26-24-14-10-22(11-15-24)18-23-12-16-25(17-13-23)27-21(4)28/h5-7,10-17,26H,3,8-9,18H2,1-2,4H3,(H,27,28)/b6-5-,19-7+. The summed E-state index contributed by atoms with van der Waals surface area (Å²) in [5.41, 5.74) is 6.71. The minimum absolute atomic E-state index is 0.0543. The van der Waals surface area contributed by atoms with E-state index in [1.165, 1.54) is 23.6 Å². The van der Waals surface area contributed by atoms with Gasteiger partial charge in [-0.2, -0.15) is 0 Å². The van der Waals surface area contributed by atoms with E-state index in [0.29, 0.717) is 0 Å². The molecule has 0 unspecified atom stereocenters. The largest absolute Gasteiger partial charge is 0.359 e. The molecular weight excluding hydrogens is 344 g/mol. The average Bonchev–Trinajstić information content (AvgIpc) is 2.67. The molecule has 3 heteroatoms. The van der Waals surface area contributed by atoms with Crippen LogP contribution in [0.5, 0.6) is 0 Å². The topological polar surface area (TPSA) is 41.1 Å². The molecule has 0 aliphatic carbocycles. The van der Waals surface area contributed by atoms with Crippen LogP contribution in [0.15, 0.2) is 84.6 Å². The molecule has 0 heterocycles. The average molecular weight is 375 g/mol. The molecule has 146 valence electrons. The predicted molar refractivity (Wildman–Crippen MR) is 121 cm³/mol. The number of rotatable bonds is 9. The zero-order valence-electron chi connectivity index (χ0n) is 17.1. The van der Waals surface area contributed by atoms with Crippen LogP contribution in [-0.4, -0.2) is 5.91 Å². The van der Waals surface area contributed by atoms with Crippen molar-refractivity contribution in [1.29, 1.82) is 0 Å². The molecule has 0 aromatic heterocycles. The number of anilines is 2. The van der Waals surface area contributed by atoms with Crippen LogP contribution in [0.1, 0.15) is 44.7 Å². The van der Waals surface area contributed by atoms with Gasteiger partial charge in [0.25, 0.3) is 0 Å². The maximum Gasteiger partial charge on any atom is 0.221 e. The summed E-state index contributed by atoms with van der Waals surface area (Å²) >= 11 is 0. The molecule has 0 saturated heterocycles. The van der Waals surface area contributed by atoms with Gasteiger partial charge in [-0.3, -0.25) is 4.79 Å². The third kappa shape index (κ3) is 7.67. The van der Waals surface area contributed by atoms with Gasteiger partial charge >= 0.3 is 0 Å². The summed E-state index contributed by atoms with van der Waals surface area (Å²) in [6.45, 7) is 9.81. The summed E-state index contributed by atoms with van der Waals surface area (Å²) in [5, 5.41) is 6.18. The summed E-state index contributed by atoms with van der Waals surface area (Å²) in [5.74, 6) is -0.0543. The molecule has 28 heavy (non-hydrogen) atoms. The van der Waals surface area contributed by atoms with Gasteiger partial charge < -0.3 is 10.6 Å². The number of benzene rings is 2. The fourth-order valence-corrected chi connectivity index (χ4v) is 2.81. The SMILES string of the molecule is C=C(CC/C(C)=C/C=C\C)Nc1ccc(Cc2ccc(NC(C)=O)cc2)cc1. The molecule has 0 radical (unpaired) electrons. The van der Waals surface area contributed by atoms with Crippen LogP contribution in [-0.2, 0) is 11.2 Å². The summed E-state index contributed by atoms with van der Waals surface area (Å²) in [6, 6.07) is 16.4. The number of hydrogen-bond acceptors (Lipinski definition) is 2. The van der Waals surface area contributed by atoms with E-state index < -0.39 is 0 Å². The van der Waals surface area contributed by atoms with E-state index >= 15 is 0 Å². The van der Waals surface area contributed by atoms with Crippen LogP contribution in [0.2, 0.25) is 0 Å². The summed E-state index contributed by atoms with van der Waals surface area (Å²) in [4.78, 5) is 11.1. The lowest BCUT2D eigenvalue weighted by Gasteiger charge is -2.11. The summed E-state index contributed by atoms with van der Waals surface area (Å²) in [6.07, 6.45) is 9.03. The van der Waals surface area contributed by atoms with Crippen LogP contribution < -0.4 is 10.6 Å². The fourth-order valence-electron chi connectivity index (χ4n) is 2.81. The van der Waals surface area contributed by atoms with E-state index in [2.05, 4.69) is 60.6 Å². The lowest BCUT2D eigenvalue weighted by atomic mass is 10.0. The smallest absolute Gasteiger partial charge is 0.221 e. The molecule has 0 atom stereocenters. The zero-order valence-corrected chi connectivity index (χ0v) is 17.1. The van der Waals surface area contributed by atoms with E-state index in [1.807, 2.05) is 37.3 Å². The highest BCUT2D eigenvalue weighted by atomic mass is 16.1. The van der Waals surface area contributed by atoms with Gasteiger partial charge in [0.2, 0.25) is 5.91 Å². The third-order valence-electron chi connectivity index (χ3n) is 4.35. The first-order chi connectivity index (χ1) is 13.5. The van der Waals surface area contributed by atoms with Crippen molar-refractivity contribution < 1.29 is 4.79 Å². The van der Waals surface area contributed by atoms with Crippen LogP contribution in [0, 0.1) is 0 Å². The number of carbonyl (C=O) groups is 1. The number of nitrogens with one attached hydrogen (secondary N) is 2. The first-order valence-corrected chi connectivity index (χ1v) is 9.65. The molecule has 0 aliphatic rings. The van der Waals surface area contributed by atoms with Gasteiger partial charge in [-0.15, -0.1) is 0 Å². The Hall–Kier alpha value is -3.07. The molecule has 0 aliphatic heterocycles. The Morgan fingerprint density at radius 2 is 1.43 bits per heavy atom. The molecule has 2 rings (SSSR count). The van der Waals surface area contributed by atoms with Crippen LogP contribution in [0.3, 0.4) is 0 Å². The van der Waals surface area contributed by atoms with Gasteiger partial charge in [-0.05, 0) is 68.5 Å². The second kappa shape index (κ2) is 10.9. The van der Waals surface area contributed by atoms with E-state index in [1.54, 1.807) is 0 Å². The van der Waals surface area contributed by atoms with Crippen LogP contribution in [0.4, 0.5) is 11.4 Å². The Balaban J connectivity index is 1.85. The lowest BCUT2D eigenvalue weighted by Crippen LogP contribution is -2.05. The lowest BCUT2D eigenvalue weighted by molar-refractivity contribution is -0.114. The molecule has 3 nitrogen and oxygen atoms in total.